The summed E-state index contributed by atoms with van der Waals surface area (Å²) in [4.78, 5) is 14.0. The van der Waals surface area contributed by atoms with Crippen LogP contribution < -0.4 is 14.8 Å². The molecule has 0 spiro atoms. The number of rotatable bonds is 7. The molecule has 5 heteroatoms. The number of amides is 1. The molecule has 1 aromatic carbocycles. The maximum atomic E-state index is 11.9. The van der Waals surface area contributed by atoms with Crippen LogP contribution in [0.2, 0.25) is 0 Å². The largest absolute Gasteiger partial charge is 0.493 e. The number of methoxy groups -OCH3 is 2. The van der Waals surface area contributed by atoms with E-state index in [1.54, 1.807) is 32.4 Å². The lowest BCUT2D eigenvalue weighted by Crippen LogP contribution is -2.27. The Morgan fingerprint density at radius 1 is 1.21 bits per heavy atom. The van der Waals surface area contributed by atoms with Crippen LogP contribution in [0.25, 0.3) is 0 Å². The highest BCUT2D eigenvalue weighted by atomic mass is 16.5. The fourth-order valence-electron chi connectivity index (χ4n) is 1.68. The van der Waals surface area contributed by atoms with Crippen molar-refractivity contribution >= 4 is 5.91 Å². The van der Waals surface area contributed by atoms with Gasteiger partial charge in [-0.1, -0.05) is 0 Å². The van der Waals surface area contributed by atoms with E-state index in [0.717, 1.165) is 13.0 Å². The molecule has 1 rings (SSSR count). The summed E-state index contributed by atoms with van der Waals surface area (Å²) >= 11 is 0. The van der Waals surface area contributed by atoms with E-state index in [9.17, 15) is 4.79 Å². The van der Waals surface area contributed by atoms with Crippen LogP contribution in [0.5, 0.6) is 11.5 Å². The van der Waals surface area contributed by atoms with E-state index in [1.807, 2.05) is 14.1 Å². The van der Waals surface area contributed by atoms with E-state index >= 15 is 0 Å². The monoisotopic (exact) mass is 266 g/mol. The highest BCUT2D eigenvalue weighted by molar-refractivity contribution is 5.94. The fraction of sp³-hybridized carbons (Fsp3) is 0.500. The Hall–Kier alpha value is -1.75. The maximum Gasteiger partial charge on any atom is 0.251 e. The van der Waals surface area contributed by atoms with Crippen molar-refractivity contribution < 1.29 is 14.3 Å². The molecule has 0 aliphatic carbocycles. The van der Waals surface area contributed by atoms with Crippen LogP contribution in [0.4, 0.5) is 0 Å². The molecule has 0 aliphatic heterocycles. The Labute approximate surface area is 114 Å². The molecule has 0 radical (unpaired) electrons. The summed E-state index contributed by atoms with van der Waals surface area (Å²) in [5, 5.41) is 2.88. The van der Waals surface area contributed by atoms with Crippen molar-refractivity contribution in [2.45, 2.75) is 6.42 Å². The molecule has 0 saturated heterocycles. The first-order chi connectivity index (χ1) is 9.08. The molecule has 0 saturated carbocycles. The van der Waals surface area contributed by atoms with Gasteiger partial charge in [-0.25, -0.2) is 0 Å². The summed E-state index contributed by atoms with van der Waals surface area (Å²) in [7, 11) is 7.14. The fourth-order valence-corrected chi connectivity index (χ4v) is 1.68. The van der Waals surface area contributed by atoms with E-state index in [4.69, 9.17) is 9.47 Å². The minimum absolute atomic E-state index is 0.0975. The van der Waals surface area contributed by atoms with Crippen molar-refractivity contribution in [1.29, 1.82) is 0 Å². The van der Waals surface area contributed by atoms with E-state index in [-0.39, 0.29) is 5.91 Å². The third kappa shape index (κ3) is 4.79. The van der Waals surface area contributed by atoms with Crippen LogP contribution in [-0.4, -0.2) is 52.2 Å². The topological polar surface area (TPSA) is 50.8 Å². The second-order valence-corrected chi connectivity index (χ2v) is 4.48. The third-order valence-electron chi connectivity index (χ3n) is 2.71. The van der Waals surface area contributed by atoms with Crippen LogP contribution in [0.15, 0.2) is 18.2 Å². The number of carbonyl (C=O) groups is 1. The highest BCUT2D eigenvalue weighted by Gasteiger charge is 2.10. The first-order valence-electron chi connectivity index (χ1n) is 6.23. The van der Waals surface area contributed by atoms with Crippen LogP contribution in [0, 0.1) is 0 Å². The Balaban J connectivity index is 2.57. The molecule has 19 heavy (non-hydrogen) atoms. The highest BCUT2D eigenvalue weighted by Crippen LogP contribution is 2.27. The number of ether oxygens (including phenoxy) is 2. The van der Waals surface area contributed by atoms with Crippen LogP contribution in [0.3, 0.4) is 0 Å². The quantitative estimate of drug-likeness (QED) is 0.758. The van der Waals surface area contributed by atoms with E-state index in [1.165, 1.54) is 0 Å². The van der Waals surface area contributed by atoms with Crippen LogP contribution in [0.1, 0.15) is 16.8 Å². The summed E-state index contributed by atoms with van der Waals surface area (Å²) in [6.45, 7) is 1.61. The number of carbonyl (C=O) groups excluding carboxylic acids is 1. The molecular formula is C14H22N2O3. The smallest absolute Gasteiger partial charge is 0.251 e. The van der Waals surface area contributed by atoms with Crippen molar-refractivity contribution in [3.63, 3.8) is 0 Å². The van der Waals surface area contributed by atoms with Crippen molar-refractivity contribution in [2.24, 2.45) is 0 Å². The minimum Gasteiger partial charge on any atom is -0.493 e. The molecule has 0 fully saturated rings. The van der Waals surface area contributed by atoms with Gasteiger partial charge in [-0.15, -0.1) is 0 Å². The first kappa shape index (κ1) is 15.3. The molecule has 1 amide bonds. The van der Waals surface area contributed by atoms with Gasteiger partial charge in [0.25, 0.3) is 5.91 Å². The van der Waals surface area contributed by atoms with Gasteiger partial charge < -0.3 is 19.7 Å². The second-order valence-electron chi connectivity index (χ2n) is 4.48. The second kappa shape index (κ2) is 7.63. The van der Waals surface area contributed by atoms with E-state index < -0.39 is 0 Å². The number of nitrogens with zero attached hydrogens (tertiary/aromatic N) is 1. The van der Waals surface area contributed by atoms with Crippen molar-refractivity contribution in [3.05, 3.63) is 23.8 Å². The summed E-state index contributed by atoms with van der Waals surface area (Å²) in [6, 6.07) is 5.14. The summed E-state index contributed by atoms with van der Waals surface area (Å²) in [6.07, 6.45) is 0.923. The van der Waals surface area contributed by atoms with Crippen LogP contribution in [-0.2, 0) is 0 Å². The molecule has 0 aromatic heterocycles. The molecule has 1 aromatic rings. The number of hydrogen-bond donors (Lipinski definition) is 1. The Morgan fingerprint density at radius 2 is 1.89 bits per heavy atom. The lowest BCUT2D eigenvalue weighted by molar-refractivity contribution is 0.0952. The van der Waals surface area contributed by atoms with E-state index in [2.05, 4.69) is 10.2 Å². The Bertz CT molecular complexity index is 419. The lowest BCUT2D eigenvalue weighted by atomic mass is 10.2. The average Bonchev–Trinajstić information content (AvgIpc) is 2.42. The first-order valence-corrected chi connectivity index (χ1v) is 6.23. The molecule has 0 aliphatic rings. The number of hydrogen-bond acceptors (Lipinski definition) is 4. The molecule has 0 unspecified atom stereocenters. The predicted octanol–water partition coefficient (Wildman–Crippen LogP) is 1.39. The molecular weight excluding hydrogens is 244 g/mol. The average molecular weight is 266 g/mol. The molecule has 0 heterocycles. The maximum absolute atomic E-state index is 11.9. The molecule has 106 valence electrons. The van der Waals surface area contributed by atoms with Gasteiger partial charge in [-0.2, -0.15) is 0 Å². The summed E-state index contributed by atoms with van der Waals surface area (Å²) in [5.41, 5.74) is 0.572. The normalized spacial score (nSPS) is 10.4. The summed E-state index contributed by atoms with van der Waals surface area (Å²) < 4.78 is 10.3. The minimum atomic E-state index is -0.0975. The standard InChI is InChI=1S/C14H22N2O3/c1-16(2)9-5-8-15-14(17)11-6-7-12(18-3)13(10-11)19-4/h6-7,10H,5,8-9H2,1-4H3,(H,15,17). The Kier molecular flexibility index (Phi) is 6.15. The van der Waals surface area contributed by atoms with Gasteiger partial charge in [0, 0.05) is 12.1 Å². The van der Waals surface area contributed by atoms with Gasteiger partial charge in [-0.3, -0.25) is 4.79 Å². The zero-order chi connectivity index (χ0) is 14.3. The van der Waals surface area contributed by atoms with Crippen LogP contribution >= 0.6 is 0 Å². The molecule has 1 N–H and O–H groups in total. The van der Waals surface area contributed by atoms with Crippen molar-refractivity contribution in [1.82, 2.24) is 10.2 Å². The molecule has 0 bridgehead atoms. The lowest BCUT2D eigenvalue weighted by Gasteiger charge is -2.11. The number of benzene rings is 1. The van der Waals surface area contributed by atoms with Gasteiger partial charge in [0.2, 0.25) is 0 Å². The summed E-state index contributed by atoms with van der Waals surface area (Å²) in [5.74, 6) is 1.08. The van der Waals surface area contributed by atoms with Gasteiger partial charge in [0.15, 0.2) is 11.5 Å². The number of nitrogens with one attached hydrogen (secondary N) is 1. The van der Waals surface area contributed by atoms with Gasteiger partial charge in [0.05, 0.1) is 14.2 Å². The zero-order valence-corrected chi connectivity index (χ0v) is 12.0. The van der Waals surface area contributed by atoms with Gasteiger partial charge in [0.1, 0.15) is 0 Å². The SMILES string of the molecule is COc1ccc(C(=O)NCCCN(C)C)cc1OC. The zero-order valence-electron chi connectivity index (χ0n) is 12.0. The van der Waals surface area contributed by atoms with Gasteiger partial charge in [-0.05, 0) is 45.3 Å². The van der Waals surface area contributed by atoms with Crippen molar-refractivity contribution in [3.8, 4) is 11.5 Å². The van der Waals surface area contributed by atoms with E-state index in [0.29, 0.717) is 23.6 Å². The van der Waals surface area contributed by atoms with Crippen molar-refractivity contribution in [2.75, 3.05) is 41.4 Å². The molecule has 5 nitrogen and oxygen atoms in total. The van der Waals surface area contributed by atoms with Gasteiger partial charge >= 0.3 is 0 Å². The molecule has 0 atom stereocenters. The Morgan fingerprint density at radius 3 is 2.47 bits per heavy atom. The third-order valence-corrected chi connectivity index (χ3v) is 2.71. The predicted molar refractivity (Wildman–Crippen MR) is 75.1 cm³/mol.